The van der Waals surface area contributed by atoms with Crippen LogP contribution in [0.5, 0.6) is 0 Å². The molecule has 0 aliphatic rings. The zero-order chi connectivity index (χ0) is 11.4. The van der Waals surface area contributed by atoms with E-state index in [9.17, 15) is 8.42 Å². The SMILES string of the molecule is CC(N)C(CO)N(C)CCS(C)(=O)=O. The smallest absolute Gasteiger partial charge is 0.148 e. The molecule has 6 heteroatoms. The van der Waals surface area contributed by atoms with Crippen molar-refractivity contribution in [3.8, 4) is 0 Å². The number of rotatable bonds is 6. The molecule has 0 fully saturated rings. The van der Waals surface area contributed by atoms with Gasteiger partial charge in [-0.15, -0.1) is 0 Å². The standard InChI is InChI=1S/C8H20N2O3S/c1-7(9)8(6-11)10(2)4-5-14(3,12)13/h7-8,11H,4-6,9H2,1-3H3. The minimum absolute atomic E-state index is 0.0576. The van der Waals surface area contributed by atoms with E-state index in [1.54, 1.807) is 18.9 Å². The van der Waals surface area contributed by atoms with Crippen LogP contribution < -0.4 is 5.73 Å². The summed E-state index contributed by atoms with van der Waals surface area (Å²) >= 11 is 0. The molecule has 0 aromatic heterocycles. The molecule has 0 bridgehead atoms. The van der Waals surface area contributed by atoms with Crippen molar-refractivity contribution in [3.63, 3.8) is 0 Å². The van der Waals surface area contributed by atoms with Crippen LogP contribution in [0.25, 0.3) is 0 Å². The van der Waals surface area contributed by atoms with E-state index in [0.29, 0.717) is 6.54 Å². The summed E-state index contributed by atoms with van der Waals surface area (Å²) in [4.78, 5) is 1.77. The summed E-state index contributed by atoms with van der Waals surface area (Å²) in [7, 11) is -1.19. The molecule has 0 aliphatic heterocycles. The summed E-state index contributed by atoms with van der Waals surface area (Å²) in [5.74, 6) is 0.0900. The lowest BCUT2D eigenvalue weighted by Gasteiger charge is -2.28. The molecule has 0 aliphatic carbocycles. The third-order valence-electron chi connectivity index (χ3n) is 2.17. The maximum atomic E-state index is 10.9. The highest BCUT2D eigenvalue weighted by atomic mass is 32.2. The topological polar surface area (TPSA) is 83.6 Å². The summed E-state index contributed by atoms with van der Waals surface area (Å²) in [5, 5.41) is 9.03. The van der Waals surface area contributed by atoms with Crippen LogP contribution in [0.4, 0.5) is 0 Å². The van der Waals surface area contributed by atoms with Gasteiger partial charge in [-0.1, -0.05) is 0 Å². The molecule has 0 saturated carbocycles. The van der Waals surface area contributed by atoms with Crippen LogP contribution >= 0.6 is 0 Å². The average Bonchev–Trinajstić information content (AvgIpc) is 2.00. The van der Waals surface area contributed by atoms with Gasteiger partial charge in [0.25, 0.3) is 0 Å². The minimum Gasteiger partial charge on any atom is -0.395 e. The van der Waals surface area contributed by atoms with Gasteiger partial charge in [0.15, 0.2) is 0 Å². The summed E-state index contributed by atoms with van der Waals surface area (Å²) in [5.41, 5.74) is 5.64. The Kier molecular flexibility index (Phi) is 5.58. The van der Waals surface area contributed by atoms with Crippen LogP contribution in [0.1, 0.15) is 6.92 Å². The highest BCUT2D eigenvalue weighted by Gasteiger charge is 2.18. The van der Waals surface area contributed by atoms with Gasteiger partial charge in [-0.25, -0.2) is 8.42 Å². The molecule has 0 amide bonds. The summed E-state index contributed by atoms with van der Waals surface area (Å²) in [6, 6.07) is -0.360. The van der Waals surface area contributed by atoms with Crippen molar-refractivity contribution in [2.45, 2.75) is 19.0 Å². The van der Waals surface area contributed by atoms with E-state index >= 15 is 0 Å². The second-order valence-electron chi connectivity index (χ2n) is 3.72. The first kappa shape index (κ1) is 13.8. The first-order valence-electron chi connectivity index (χ1n) is 4.52. The third kappa shape index (κ3) is 5.54. The lowest BCUT2D eigenvalue weighted by atomic mass is 10.1. The monoisotopic (exact) mass is 224 g/mol. The number of nitrogens with two attached hydrogens (primary N) is 1. The zero-order valence-corrected chi connectivity index (χ0v) is 9.79. The fourth-order valence-corrected chi connectivity index (χ4v) is 1.80. The summed E-state index contributed by atoms with van der Waals surface area (Å²) in [6.07, 6.45) is 1.20. The van der Waals surface area contributed by atoms with Crippen molar-refractivity contribution < 1.29 is 13.5 Å². The molecule has 5 nitrogen and oxygen atoms in total. The number of hydrogen-bond donors (Lipinski definition) is 2. The van der Waals surface area contributed by atoms with Gasteiger partial charge >= 0.3 is 0 Å². The molecule has 2 unspecified atom stereocenters. The minimum atomic E-state index is -2.95. The first-order valence-corrected chi connectivity index (χ1v) is 6.58. The number of aliphatic hydroxyl groups excluding tert-OH is 1. The van der Waals surface area contributed by atoms with E-state index in [0.717, 1.165) is 0 Å². The number of hydrogen-bond acceptors (Lipinski definition) is 5. The number of likely N-dealkylation sites (N-methyl/N-ethyl adjacent to an activating group) is 1. The predicted molar refractivity (Wildman–Crippen MR) is 56.9 cm³/mol. The maximum Gasteiger partial charge on any atom is 0.148 e. The van der Waals surface area contributed by atoms with Crippen LogP contribution in [0.2, 0.25) is 0 Å². The lowest BCUT2D eigenvalue weighted by Crippen LogP contribution is -2.48. The Morgan fingerprint density at radius 2 is 2.00 bits per heavy atom. The summed E-state index contributed by atoms with van der Waals surface area (Å²) in [6.45, 7) is 2.13. The lowest BCUT2D eigenvalue weighted by molar-refractivity contribution is 0.136. The Morgan fingerprint density at radius 3 is 2.29 bits per heavy atom. The second-order valence-corrected chi connectivity index (χ2v) is 5.98. The Balaban J connectivity index is 4.12. The van der Waals surface area contributed by atoms with Crippen molar-refractivity contribution in [2.24, 2.45) is 5.73 Å². The molecule has 0 saturated heterocycles. The van der Waals surface area contributed by atoms with E-state index in [1.165, 1.54) is 6.26 Å². The predicted octanol–water partition coefficient (Wildman–Crippen LogP) is -1.33. The Morgan fingerprint density at radius 1 is 1.50 bits per heavy atom. The van der Waals surface area contributed by atoms with Crippen LogP contribution in [0, 0.1) is 0 Å². The van der Waals surface area contributed by atoms with Crippen molar-refractivity contribution >= 4 is 9.84 Å². The van der Waals surface area contributed by atoms with Crippen molar-refractivity contribution in [1.29, 1.82) is 0 Å². The first-order chi connectivity index (χ1) is 6.28. The fraction of sp³-hybridized carbons (Fsp3) is 1.00. The summed E-state index contributed by atoms with van der Waals surface area (Å²) < 4.78 is 21.8. The molecule has 3 N–H and O–H groups in total. The van der Waals surface area contributed by atoms with Gasteiger partial charge in [0.2, 0.25) is 0 Å². The Hall–Kier alpha value is -0.170. The molecule has 0 heterocycles. The third-order valence-corrected chi connectivity index (χ3v) is 3.10. The van der Waals surface area contributed by atoms with E-state index in [-0.39, 0.29) is 24.4 Å². The van der Waals surface area contributed by atoms with Gasteiger partial charge in [0.05, 0.1) is 12.4 Å². The van der Waals surface area contributed by atoms with Crippen molar-refractivity contribution in [2.75, 3.05) is 32.2 Å². The second kappa shape index (κ2) is 5.65. The van der Waals surface area contributed by atoms with Gasteiger partial charge < -0.3 is 10.8 Å². The zero-order valence-electron chi connectivity index (χ0n) is 8.97. The average molecular weight is 224 g/mol. The van der Waals surface area contributed by atoms with E-state index in [4.69, 9.17) is 10.8 Å². The molecule has 0 aromatic rings. The molecule has 0 rings (SSSR count). The van der Waals surface area contributed by atoms with Gasteiger partial charge in [-0.05, 0) is 14.0 Å². The van der Waals surface area contributed by atoms with Gasteiger partial charge in [0, 0.05) is 24.9 Å². The number of sulfone groups is 1. The van der Waals surface area contributed by atoms with Crippen LogP contribution in [0.15, 0.2) is 0 Å². The van der Waals surface area contributed by atoms with Crippen LogP contribution in [0.3, 0.4) is 0 Å². The molecule has 86 valence electrons. The molecule has 0 spiro atoms. The van der Waals surface area contributed by atoms with Crippen LogP contribution in [-0.4, -0.2) is 62.7 Å². The highest BCUT2D eigenvalue weighted by Crippen LogP contribution is 2.00. The molecule has 0 aromatic carbocycles. The van der Waals surface area contributed by atoms with Gasteiger partial charge in [-0.2, -0.15) is 0 Å². The van der Waals surface area contributed by atoms with Crippen molar-refractivity contribution in [3.05, 3.63) is 0 Å². The van der Waals surface area contributed by atoms with Crippen LogP contribution in [-0.2, 0) is 9.84 Å². The number of nitrogens with zero attached hydrogens (tertiary/aromatic N) is 1. The van der Waals surface area contributed by atoms with E-state index in [1.807, 2.05) is 0 Å². The molecular formula is C8H20N2O3S. The Bertz CT molecular complexity index is 251. The normalized spacial score (nSPS) is 17.0. The molecule has 14 heavy (non-hydrogen) atoms. The van der Waals surface area contributed by atoms with E-state index < -0.39 is 9.84 Å². The molecular weight excluding hydrogens is 204 g/mol. The number of aliphatic hydroxyl groups is 1. The van der Waals surface area contributed by atoms with Gasteiger partial charge in [0.1, 0.15) is 9.84 Å². The van der Waals surface area contributed by atoms with Gasteiger partial charge in [-0.3, -0.25) is 4.90 Å². The maximum absolute atomic E-state index is 10.9. The largest absolute Gasteiger partial charge is 0.395 e. The highest BCUT2D eigenvalue weighted by molar-refractivity contribution is 7.90. The molecule has 0 radical (unpaired) electrons. The Labute approximate surface area is 85.8 Å². The molecule has 2 atom stereocenters. The van der Waals surface area contributed by atoms with E-state index in [2.05, 4.69) is 0 Å². The quantitative estimate of drug-likeness (QED) is 0.584. The van der Waals surface area contributed by atoms with Crippen molar-refractivity contribution in [1.82, 2.24) is 4.90 Å². The fourth-order valence-electron chi connectivity index (χ4n) is 1.18.